The van der Waals surface area contributed by atoms with Crippen molar-refractivity contribution in [2.24, 2.45) is 5.73 Å². The van der Waals surface area contributed by atoms with Crippen molar-refractivity contribution in [3.05, 3.63) is 30.1 Å². The van der Waals surface area contributed by atoms with Crippen LogP contribution in [-0.4, -0.2) is 39.9 Å². The van der Waals surface area contributed by atoms with Crippen molar-refractivity contribution >= 4 is 16.9 Å². The lowest BCUT2D eigenvalue weighted by molar-refractivity contribution is -0.133. The van der Waals surface area contributed by atoms with Crippen LogP contribution in [0.15, 0.2) is 24.3 Å². The van der Waals surface area contributed by atoms with Crippen LogP contribution in [0.25, 0.3) is 11.0 Å². The molecule has 1 unspecified atom stereocenters. The summed E-state index contributed by atoms with van der Waals surface area (Å²) in [6, 6.07) is 7.59. The molecule has 1 aromatic heterocycles. The molecule has 3 rings (SSSR count). The summed E-state index contributed by atoms with van der Waals surface area (Å²) in [7, 11) is 0. The third kappa shape index (κ3) is 2.41. The first-order valence-electron chi connectivity index (χ1n) is 7.14. The van der Waals surface area contributed by atoms with E-state index >= 15 is 0 Å². The Balaban J connectivity index is 1.81. The van der Waals surface area contributed by atoms with Gasteiger partial charge in [0.25, 0.3) is 0 Å². The lowest BCUT2D eigenvalue weighted by atomic mass is 9.97. The summed E-state index contributed by atoms with van der Waals surface area (Å²) in [5, 5.41) is 0. The van der Waals surface area contributed by atoms with Gasteiger partial charge in [0.1, 0.15) is 5.82 Å². The fourth-order valence-corrected chi connectivity index (χ4v) is 2.85. The number of para-hydroxylation sites is 2. The highest BCUT2D eigenvalue weighted by molar-refractivity contribution is 5.81. The summed E-state index contributed by atoms with van der Waals surface area (Å²) < 4.78 is 0. The Labute approximate surface area is 118 Å². The van der Waals surface area contributed by atoms with Crippen LogP contribution in [0.5, 0.6) is 0 Å². The van der Waals surface area contributed by atoms with E-state index in [2.05, 4.69) is 9.97 Å². The Morgan fingerprint density at radius 1 is 1.50 bits per heavy atom. The zero-order chi connectivity index (χ0) is 14.1. The Hall–Kier alpha value is -1.88. The maximum Gasteiger partial charge on any atom is 0.239 e. The van der Waals surface area contributed by atoms with Gasteiger partial charge in [0.05, 0.1) is 17.1 Å². The van der Waals surface area contributed by atoms with Crippen LogP contribution in [0.2, 0.25) is 0 Å². The number of piperidine rings is 1. The summed E-state index contributed by atoms with van der Waals surface area (Å²) in [6.45, 7) is 3.25. The first-order chi connectivity index (χ1) is 9.65. The summed E-state index contributed by atoms with van der Waals surface area (Å²) in [5.41, 5.74) is 7.74. The van der Waals surface area contributed by atoms with Crippen molar-refractivity contribution in [2.45, 2.75) is 31.7 Å². The van der Waals surface area contributed by atoms with Crippen molar-refractivity contribution in [1.29, 1.82) is 0 Å². The van der Waals surface area contributed by atoms with Crippen LogP contribution < -0.4 is 5.73 Å². The highest BCUT2D eigenvalue weighted by atomic mass is 16.2. The Morgan fingerprint density at radius 3 is 3.05 bits per heavy atom. The SMILES string of the molecule is C[C@@H](N)C(=O)N1CCCC(c2nc3ccccc3[nH]2)C1. The van der Waals surface area contributed by atoms with Crippen LogP contribution in [-0.2, 0) is 4.79 Å². The lowest BCUT2D eigenvalue weighted by Crippen LogP contribution is -2.46. The molecule has 106 valence electrons. The van der Waals surface area contributed by atoms with Gasteiger partial charge in [0, 0.05) is 19.0 Å². The maximum absolute atomic E-state index is 12.0. The van der Waals surface area contributed by atoms with E-state index in [9.17, 15) is 4.79 Å². The number of rotatable bonds is 2. The Bertz CT molecular complexity index is 586. The van der Waals surface area contributed by atoms with Gasteiger partial charge >= 0.3 is 0 Å². The van der Waals surface area contributed by atoms with Crippen LogP contribution in [0.3, 0.4) is 0 Å². The number of nitrogens with one attached hydrogen (secondary N) is 1. The number of amides is 1. The molecular formula is C15H20N4O. The minimum Gasteiger partial charge on any atom is -0.342 e. The average molecular weight is 272 g/mol. The summed E-state index contributed by atoms with van der Waals surface area (Å²) >= 11 is 0. The second-order valence-corrected chi connectivity index (χ2v) is 5.55. The topological polar surface area (TPSA) is 75.0 Å². The van der Waals surface area contributed by atoms with Gasteiger partial charge < -0.3 is 15.6 Å². The van der Waals surface area contributed by atoms with Gasteiger partial charge in [-0.3, -0.25) is 4.79 Å². The summed E-state index contributed by atoms with van der Waals surface area (Å²) in [6.07, 6.45) is 2.06. The first kappa shape index (κ1) is 13.1. The molecule has 20 heavy (non-hydrogen) atoms. The van der Waals surface area contributed by atoms with Gasteiger partial charge in [-0.25, -0.2) is 4.98 Å². The Morgan fingerprint density at radius 2 is 2.30 bits per heavy atom. The molecule has 1 aliphatic heterocycles. The number of hydrogen-bond acceptors (Lipinski definition) is 3. The van der Waals surface area contributed by atoms with Crippen LogP contribution in [0.1, 0.15) is 31.5 Å². The average Bonchev–Trinajstić information content (AvgIpc) is 2.90. The number of nitrogens with two attached hydrogens (primary N) is 1. The third-order valence-electron chi connectivity index (χ3n) is 3.92. The molecule has 5 nitrogen and oxygen atoms in total. The number of aromatic nitrogens is 2. The first-order valence-corrected chi connectivity index (χ1v) is 7.14. The van der Waals surface area contributed by atoms with E-state index in [1.54, 1.807) is 6.92 Å². The molecular weight excluding hydrogens is 252 g/mol. The fraction of sp³-hybridized carbons (Fsp3) is 0.467. The molecule has 2 heterocycles. The maximum atomic E-state index is 12.0. The van der Waals surface area contributed by atoms with Crippen LogP contribution >= 0.6 is 0 Å². The minimum absolute atomic E-state index is 0.0332. The molecule has 2 aromatic rings. The highest BCUT2D eigenvalue weighted by Crippen LogP contribution is 2.26. The van der Waals surface area contributed by atoms with Gasteiger partial charge in [0.2, 0.25) is 5.91 Å². The predicted molar refractivity (Wildman–Crippen MR) is 78.3 cm³/mol. The molecule has 1 saturated heterocycles. The monoisotopic (exact) mass is 272 g/mol. The third-order valence-corrected chi connectivity index (χ3v) is 3.92. The van der Waals surface area contributed by atoms with E-state index in [-0.39, 0.29) is 11.8 Å². The summed E-state index contributed by atoms with van der Waals surface area (Å²) in [4.78, 5) is 21.9. The second-order valence-electron chi connectivity index (χ2n) is 5.55. The molecule has 0 bridgehead atoms. The van der Waals surface area contributed by atoms with E-state index in [0.717, 1.165) is 36.2 Å². The normalized spacial score (nSPS) is 21.1. The number of benzene rings is 1. The van der Waals surface area contributed by atoms with E-state index in [0.29, 0.717) is 6.54 Å². The molecule has 0 spiro atoms. The molecule has 0 saturated carbocycles. The molecule has 1 amide bonds. The van der Waals surface area contributed by atoms with Crippen molar-refractivity contribution in [2.75, 3.05) is 13.1 Å². The molecule has 2 atom stereocenters. The fourth-order valence-electron chi connectivity index (χ4n) is 2.85. The quantitative estimate of drug-likeness (QED) is 0.872. The van der Waals surface area contributed by atoms with E-state index in [4.69, 9.17) is 5.73 Å². The molecule has 1 aromatic carbocycles. The number of carbonyl (C=O) groups excluding carboxylic acids is 1. The lowest BCUT2D eigenvalue weighted by Gasteiger charge is -2.32. The van der Waals surface area contributed by atoms with Gasteiger partial charge in [0.15, 0.2) is 0 Å². The zero-order valence-corrected chi connectivity index (χ0v) is 11.7. The van der Waals surface area contributed by atoms with Gasteiger partial charge in [-0.15, -0.1) is 0 Å². The standard InChI is InChI=1S/C15H20N4O/c1-10(16)15(20)19-8-4-5-11(9-19)14-17-12-6-2-3-7-13(12)18-14/h2-3,6-7,10-11H,4-5,8-9,16H2,1H3,(H,17,18)/t10-,11?/m1/s1. The van der Waals surface area contributed by atoms with Crippen molar-refractivity contribution in [3.63, 3.8) is 0 Å². The molecule has 3 N–H and O–H groups in total. The number of nitrogens with zero attached hydrogens (tertiary/aromatic N) is 2. The van der Waals surface area contributed by atoms with E-state index < -0.39 is 6.04 Å². The van der Waals surface area contributed by atoms with Crippen LogP contribution in [0.4, 0.5) is 0 Å². The van der Waals surface area contributed by atoms with Gasteiger partial charge in [-0.2, -0.15) is 0 Å². The minimum atomic E-state index is -0.426. The van der Waals surface area contributed by atoms with Crippen LogP contribution in [0, 0.1) is 0 Å². The van der Waals surface area contributed by atoms with Crippen molar-refractivity contribution in [3.8, 4) is 0 Å². The van der Waals surface area contributed by atoms with E-state index in [1.807, 2.05) is 29.2 Å². The number of carbonyl (C=O) groups is 1. The van der Waals surface area contributed by atoms with E-state index in [1.165, 1.54) is 0 Å². The van der Waals surface area contributed by atoms with Gasteiger partial charge in [-0.1, -0.05) is 12.1 Å². The number of aromatic amines is 1. The second kappa shape index (κ2) is 5.25. The summed E-state index contributed by atoms with van der Waals surface area (Å²) in [5.74, 6) is 1.29. The largest absolute Gasteiger partial charge is 0.342 e. The molecule has 5 heteroatoms. The number of H-pyrrole nitrogens is 1. The zero-order valence-electron chi connectivity index (χ0n) is 11.7. The number of hydrogen-bond donors (Lipinski definition) is 2. The van der Waals surface area contributed by atoms with Gasteiger partial charge in [-0.05, 0) is 31.9 Å². The Kier molecular flexibility index (Phi) is 3.44. The number of imidazole rings is 1. The molecule has 0 aliphatic carbocycles. The molecule has 0 radical (unpaired) electrons. The number of likely N-dealkylation sites (tertiary alicyclic amines) is 1. The molecule has 1 fully saturated rings. The number of fused-ring (bicyclic) bond motifs is 1. The van der Waals surface area contributed by atoms with Crippen molar-refractivity contribution < 1.29 is 4.79 Å². The smallest absolute Gasteiger partial charge is 0.239 e. The molecule has 1 aliphatic rings. The predicted octanol–water partition coefficient (Wildman–Crippen LogP) is 1.62. The van der Waals surface area contributed by atoms with Crippen molar-refractivity contribution in [1.82, 2.24) is 14.9 Å². The highest BCUT2D eigenvalue weighted by Gasteiger charge is 2.27.